The minimum absolute atomic E-state index is 0.311. The van der Waals surface area contributed by atoms with E-state index in [-0.39, 0.29) is 5.91 Å². The van der Waals surface area contributed by atoms with Gasteiger partial charge in [0.1, 0.15) is 0 Å². The van der Waals surface area contributed by atoms with E-state index < -0.39 is 12.2 Å². The maximum absolute atomic E-state index is 13.2. The number of benzodiazepines with no additional fused rings is 1. The Labute approximate surface area is 181 Å². The lowest BCUT2D eigenvalue weighted by atomic mass is 10.0. The first-order chi connectivity index (χ1) is 15.0. The molecule has 0 saturated heterocycles. The lowest BCUT2D eigenvalue weighted by Gasteiger charge is -2.21. The number of nitrogens with one attached hydrogen (secondary N) is 2. The molecule has 1 heterocycles. The van der Waals surface area contributed by atoms with Crippen molar-refractivity contribution in [3.8, 4) is 0 Å². The van der Waals surface area contributed by atoms with Crippen LogP contribution in [-0.4, -0.2) is 30.9 Å². The standard InChI is InChI=1S/C25H24N4O2/c1-16-10-9-14-20(17(16)2)26-25(31)28-23-24(30)29(3)21-15-8-7-13-19(21)22(27-23)18-11-5-4-6-12-18/h4-15,23H,1-3H3,(H2,26,28,31). The van der Waals surface area contributed by atoms with Crippen molar-refractivity contribution in [3.05, 3.63) is 95.1 Å². The first-order valence-corrected chi connectivity index (χ1v) is 10.1. The van der Waals surface area contributed by atoms with Crippen molar-refractivity contribution >= 4 is 29.0 Å². The summed E-state index contributed by atoms with van der Waals surface area (Å²) in [6.45, 7) is 3.92. The van der Waals surface area contributed by atoms with Gasteiger partial charge in [0.25, 0.3) is 5.91 Å². The van der Waals surface area contributed by atoms with Crippen LogP contribution in [-0.2, 0) is 4.79 Å². The van der Waals surface area contributed by atoms with Crippen molar-refractivity contribution in [1.82, 2.24) is 5.32 Å². The second-order valence-corrected chi connectivity index (χ2v) is 7.51. The average Bonchev–Trinajstić information content (AvgIpc) is 2.88. The topological polar surface area (TPSA) is 73.8 Å². The van der Waals surface area contributed by atoms with E-state index in [9.17, 15) is 9.59 Å². The fourth-order valence-electron chi connectivity index (χ4n) is 3.61. The molecule has 0 aliphatic carbocycles. The van der Waals surface area contributed by atoms with Gasteiger partial charge < -0.3 is 15.5 Å². The highest BCUT2D eigenvalue weighted by Gasteiger charge is 2.31. The Bertz CT molecular complexity index is 1170. The number of rotatable bonds is 3. The number of urea groups is 1. The van der Waals surface area contributed by atoms with Gasteiger partial charge in [-0.1, -0.05) is 60.7 Å². The molecule has 1 aliphatic rings. The summed E-state index contributed by atoms with van der Waals surface area (Å²) in [7, 11) is 1.70. The molecule has 0 spiro atoms. The summed E-state index contributed by atoms with van der Waals surface area (Å²) < 4.78 is 0. The SMILES string of the molecule is Cc1cccc(NC(=O)NC2N=C(c3ccccc3)c3ccccc3N(C)C2=O)c1C. The van der Waals surface area contributed by atoms with Crippen molar-refractivity contribution in [2.24, 2.45) is 4.99 Å². The lowest BCUT2D eigenvalue weighted by Crippen LogP contribution is -2.47. The van der Waals surface area contributed by atoms with Gasteiger partial charge in [-0.05, 0) is 37.1 Å². The summed E-state index contributed by atoms with van der Waals surface area (Å²) in [5, 5.41) is 5.58. The van der Waals surface area contributed by atoms with Crippen LogP contribution < -0.4 is 15.5 Å². The Hall–Kier alpha value is -3.93. The number of amides is 3. The highest BCUT2D eigenvalue weighted by Crippen LogP contribution is 2.27. The van der Waals surface area contributed by atoms with E-state index in [1.807, 2.05) is 86.6 Å². The second kappa shape index (κ2) is 8.44. The molecule has 156 valence electrons. The Morgan fingerprint density at radius 2 is 1.65 bits per heavy atom. The minimum atomic E-state index is -1.06. The molecule has 0 aromatic heterocycles. The van der Waals surface area contributed by atoms with Crippen molar-refractivity contribution in [2.75, 3.05) is 17.3 Å². The molecule has 3 amide bonds. The number of benzene rings is 3. The molecule has 6 nitrogen and oxygen atoms in total. The molecule has 4 rings (SSSR count). The smallest absolute Gasteiger partial charge is 0.311 e. The number of para-hydroxylation sites is 1. The molecular formula is C25H24N4O2. The summed E-state index contributed by atoms with van der Waals surface area (Å²) in [4.78, 5) is 32.2. The maximum Gasteiger partial charge on any atom is 0.321 e. The van der Waals surface area contributed by atoms with Crippen LogP contribution in [0.2, 0.25) is 0 Å². The number of fused-ring (bicyclic) bond motifs is 1. The van der Waals surface area contributed by atoms with Gasteiger partial charge in [-0.15, -0.1) is 0 Å². The van der Waals surface area contributed by atoms with Gasteiger partial charge in [0, 0.05) is 23.9 Å². The molecule has 1 aliphatic heterocycles. The van der Waals surface area contributed by atoms with Crippen LogP contribution in [0.4, 0.5) is 16.2 Å². The van der Waals surface area contributed by atoms with Gasteiger partial charge in [-0.25, -0.2) is 9.79 Å². The Morgan fingerprint density at radius 3 is 2.42 bits per heavy atom. The molecule has 0 radical (unpaired) electrons. The van der Waals surface area contributed by atoms with Crippen molar-refractivity contribution in [2.45, 2.75) is 20.0 Å². The number of anilines is 2. The molecule has 0 bridgehead atoms. The van der Waals surface area contributed by atoms with E-state index in [1.54, 1.807) is 7.05 Å². The number of nitrogens with zero attached hydrogens (tertiary/aromatic N) is 2. The fraction of sp³-hybridized carbons (Fsp3) is 0.160. The number of carbonyl (C=O) groups is 2. The van der Waals surface area contributed by atoms with Gasteiger partial charge in [0.05, 0.1) is 11.4 Å². The van der Waals surface area contributed by atoms with Crippen LogP contribution in [0.5, 0.6) is 0 Å². The third kappa shape index (κ3) is 4.05. The zero-order chi connectivity index (χ0) is 22.0. The first-order valence-electron chi connectivity index (χ1n) is 10.1. The molecule has 31 heavy (non-hydrogen) atoms. The van der Waals surface area contributed by atoms with Crippen LogP contribution in [0.3, 0.4) is 0 Å². The lowest BCUT2D eigenvalue weighted by molar-refractivity contribution is -0.119. The Kier molecular flexibility index (Phi) is 5.54. The summed E-state index contributed by atoms with van der Waals surface area (Å²) >= 11 is 0. The predicted molar refractivity (Wildman–Crippen MR) is 124 cm³/mol. The minimum Gasteiger partial charge on any atom is -0.311 e. The molecule has 1 unspecified atom stereocenters. The Balaban J connectivity index is 1.69. The summed E-state index contributed by atoms with van der Waals surface area (Å²) in [5.74, 6) is -0.311. The second-order valence-electron chi connectivity index (χ2n) is 7.51. The molecule has 1 atom stereocenters. The van der Waals surface area contributed by atoms with Crippen LogP contribution in [0.1, 0.15) is 22.3 Å². The number of hydrogen-bond donors (Lipinski definition) is 2. The molecule has 0 saturated carbocycles. The number of aliphatic imine (C=N–C) groups is 1. The summed E-state index contributed by atoms with van der Waals surface area (Å²) in [6.07, 6.45) is -1.06. The third-order valence-electron chi connectivity index (χ3n) is 5.51. The van der Waals surface area contributed by atoms with E-state index in [0.717, 1.165) is 27.9 Å². The van der Waals surface area contributed by atoms with E-state index in [0.29, 0.717) is 11.4 Å². The zero-order valence-corrected chi connectivity index (χ0v) is 17.7. The number of aryl methyl sites for hydroxylation is 1. The van der Waals surface area contributed by atoms with Crippen LogP contribution in [0, 0.1) is 13.8 Å². The number of hydrogen-bond acceptors (Lipinski definition) is 3. The van der Waals surface area contributed by atoms with Crippen LogP contribution >= 0.6 is 0 Å². The fourth-order valence-corrected chi connectivity index (χ4v) is 3.61. The molecular weight excluding hydrogens is 388 g/mol. The van der Waals surface area contributed by atoms with Crippen LogP contribution in [0.15, 0.2) is 77.8 Å². The molecule has 0 fully saturated rings. The normalized spacial score (nSPS) is 15.6. The monoisotopic (exact) mass is 412 g/mol. The first kappa shape index (κ1) is 20.3. The number of likely N-dealkylation sites (N-methyl/N-ethyl adjacent to an activating group) is 1. The molecule has 6 heteroatoms. The molecule has 3 aromatic rings. The maximum atomic E-state index is 13.2. The summed E-state index contributed by atoms with van der Waals surface area (Å²) in [6, 6.07) is 22.5. The average molecular weight is 412 g/mol. The van der Waals surface area contributed by atoms with Gasteiger partial charge in [0.15, 0.2) is 0 Å². The van der Waals surface area contributed by atoms with Crippen molar-refractivity contribution < 1.29 is 9.59 Å². The van der Waals surface area contributed by atoms with Crippen molar-refractivity contribution in [1.29, 1.82) is 0 Å². The van der Waals surface area contributed by atoms with E-state index >= 15 is 0 Å². The third-order valence-corrected chi connectivity index (χ3v) is 5.51. The quantitative estimate of drug-likeness (QED) is 0.674. The molecule has 2 N–H and O–H groups in total. The molecule has 3 aromatic carbocycles. The van der Waals surface area contributed by atoms with Gasteiger partial charge in [0.2, 0.25) is 6.17 Å². The Morgan fingerprint density at radius 1 is 0.935 bits per heavy atom. The predicted octanol–water partition coefficient (Wildman–Crippen LogP) is 4.27. The largest absolute Gasteiger partial charge is 0.321 e. The van der Waals surface area contributed by atoms with Gasteiger partial charge in [-0.2, -0.15) is 0 Å². The summed E-state index contributed by atoms with van der Waals surface area (Å²) in [5.41, 5.74) is 5.86. The highest BCUT2D eigenvalue weighted by atomic mass is 16.2. The van der Waals surface area contributed by atoms with E-state index in [4.69, 9.17) is 4.99 Å². The van der Waals surface area contributed by atoms with Crippen LogP contribution in [0.25, 0.3) is 0 Å². The highest BCUT2D eigenvalue weighted by molar-refractivity contribution is 6.20. The number of carbonyl (C=O) groups excluding carboxylic acids is 2. The zero-order valence-electron chi connectivity index (χ0n) is 17.7. The van der Waals surface area contributed by atoms with E-state index in [1.165, 1.54) is 4.90 Å². The van der Waals surface area contributed by atoms with E-state index in [2.05, 4.69) is 10.6 Å². The van der Waals surface area contributed by atoms with Gasteiger partial charge in [-0.3, -0.25) is 4.79 Å². The van der Waals surface area contributed by atoms with Gasteiger partial charge >= 0.3 is 6.03 Å². The van der Waals surface area contributed by atoms with Crippen molar-refractivity contribution in [3.63, 3.8) is 0 Å².